The standard InChI is InChI=1S/C27H28N2O5/c1-2-3-14-23(24(30)29-27(25(31)32)15-8-9-16-27)28-26(33)34-17-22-20-12-6-4-10-18(20)19-11-5-7-13-21(19)22/h4-7,10-13,22-23H,8-9,14-17H2,1H3,(H,28,33)(H,29,30)(H,31,32). The van der Waals surface area contributed by atoms with Gasteiger partial charge in [-0.3, -0.25) is 4.79 Å². The molecule has 1 atom stereocenters. The Morgan fingerprint density at radius 1 is 1.06 bits per heavy atom. The van der Waals surface area contributed by atoms with Crippen LogP contribution in [0.25, 0.3) is 11.1 Å². The Hall–Kier alpha value is -3.79. The number of carbonyl (C=O) groups excluding carboxylic acids is 2. The minimum Gasteiger partial charge on any atom is -0.480 e. The molecule has 0 bridgehead atoms. The van der Waals surface area contributed by atoms with E-state index in [1.165, 1.54) is 0 Å². The van der Waals surface area contributed by atoms with Crippen LogP contribution in [0.4, 0.5) is 4.79 Å². The largest absolute Gasteiger partial charge is 0.480 e. The van der Waals surface area contributed by atoms with E-state index in [0.29, 0.717) is 12.8 Å². The molecule has 0 heterocycles. The quantitative estimate of drug-likeness (QED) is 0.545. The summed E-state index contributed by atoms with van der Waals surface area (Å²) in [6, 6.07) is 15.0. The van der Waals surface area contributed by atoms with Gasteiger partial charge >= 0.3 is 12.1 Å². The molecule has 0 saturated heterocycles. The van der Waals surface area contributed by atoms with E-state index >= 15 is 0 Å². The predicted molar refractivity (Wildman–Crippen MR) is 127 cm³/mol. The minimum absolute atomic E-state index is 0.0578. The summed E-state index contributed by atoms with van der Waals surface area (Å²) in [5.41, 5.74) is 3.13. The monoisotopic (exact) mass is 460 g/mol. The van der Waals surface area contributed by atoms with E-state index in [1.54, 1.807) is 6.92 Å². The van der Waals surface area contributed by atoms with Gasteiger partial charge in [0.25, 0.3) is 0 Å². The molecule has 0 aromatic heterocycles. The number of fused-ring (bicyclic) bond motifs is 3. The highest BCUT2D eigenvalue weighted by molar-refractivity contribution is 5.91. The molecule has 1 saturated carbocycles. The van der Waals surface area contributed by atoms with Gasteiger partial charge in [-0.1, -0.05) is 61.4 Å². The smallest absolute Gasteiger partial charge is 0.407 e. The highest BCUT2D eigenvalue weighted by Crippen LogP contribution is 2.44. The number of hydrogen-bond acceptors (Lipinski definition) is 4. The van der Waals surface area contributed by atoms with Crippen LogP contribution in [0.5, 0.6) is 0 Å². The third kappa shape index (κ3) is 4.62. The molecule has 34 heavy (non-hydrogen) atoms. The molecule has 4 rings (SSSR count). The summed E-state index contributed by atoms with van der Waals surface area (Å²) < 4.78 is 5.55. The van der Waals surface area contributed by atoms with Gasteiger partial charge < -0.3 is 20.5 Å². The Kier molecular flexibility index (Phi) is 6.87. The molecule has 2 aromatic rings. The average molecular weight is 461 g/mol. The molecule has 1 fully saturated rings. The number of ether oxygens (including phenoxy) is 1. The van der Waals surface area contributed by atoms with Crippen LogP contribution in [0.15, 0.2) is 48.5 Å². The topological polar surface area (TPSA) is 105 Å². The molecule has 7 nitrogen and oxygen atoms in total. The van der Waals surface area contributed by atoms with Crippen molar-refractivity contribution in [2.24, 2.45) is 0 Å². The van der Waals surface area contributed by atoms with Crippen LogP contribution in [0.1, 0.15) is 56.1 Å². The molecular formula is C27H28N2O5. The zero-order valence-electron chi connectivity index (χ0n) is 19.1. The Morgan fingerprint density at radius 3 is 2.21 bits per heavy atom. The predicted octanol–water partition coefficient (Wildman–Crippen LogP) is 3.82. The Morgan fingerprint density at radius 2 is 1.65 bits per heavy atom. The van der Waals surface area contributed by atoms with Gasteiger partial charge in [-0.25, -0.2) is 9.59 Å². The lowest BCUT2D eigenvalue weighted by Crippen LogP contribution is -2.58. The molecule has 1 unspecified atom stereocenters. The van der Waals surface area contributed by atoms with Crippen molar-refractivity contribution in [2.75, 3.05) is 6.61 Å². The zero-order valence-corrected chi connectivity index (χ0v) is 19.1. The number of hydrogen-bond donors (Lipinski definition) is 3. The lowest BCUT2D eigenvalue weighted by Gasteiger charge is -2.28. The number of carboxylic acid groups (broad SMARTS) is 1. The minimum atomic E-state index is -1.29. The maximum Gasteiger partial charge on any atom is 0.407 e. The van der Waals surface area contributed by atoms with Crippen LogP contribution in [-0.2, 0) is 14.3 Å². The van der Waals surface area contributed by atoms with Crippen molar-refractivity contribution in [3.8, 4) is 23.0 Å². The lowest BCUT2D eigenvalue weighted by atomic mass is 9.97. The molecule has 2 aliphatic carbocycles. The number of carboxylic acids is 1. The van der Waals surface area contributed by atoms with Crippen molar-refractivity contribution in [1.29, 1.82) is 0 Å². The second-order valence-corrected chi connectivity index (χ2v) is 8.74. The molecule has 2 amide bonds. The molecule has 2 aromatic carbocycles. The molecule has 0 radical (unpaired) electrons. The average Bonchev–Trinajstić information content (AvgIpc) is 3.44. The van der Waals surface area contributed by atoms with Crippen LogP contribution >= 0.6 is 0 Å². The fourth-order valence-corrected chi connectivity index (χ4v) is 4.89. The number of alkyl carbamates (subject to hydrolysis) is 1. The summed E-state index contributed by atoms with van der Waals surface area (Å²) in [7, 11) is 0. The van der Waals surface area contributed by atoms with E-state index in [0.717, 1.165) is 35.1 Å². The molecule has 0 aliphatic heterocycles. The third-order valence-electron chi connectivity index (χ3n) is 6.66. The summed E-state index contributed by atoms with van der Waals surface area (Å²) in [6.07, 6.45) is 1.51. The van der Waals surface area contributed by atoms with Crippen LogP contribution in [0.3, 0.4) is 0 Å². The van der Waals surface area contributed by atoms with Crippen LogP contribution < -0.4 is 10.6 Å². The second-order valence-electron chi connectivity index (χ2n) is 8.74. The van der Waals surface area contributed by atoms with Gasteiger partial charge in [0.1, 0.15) is 18.2 Å². The summed E-state index contributed by atoms with van der Waals surface area (Å²) in [5.74, 6) is 3.78. The normalized spacial score (nSPS) is 16.4. The number of aliphatic carboxylic acids is 1. The van der Waals surface area contributed by atoms with E-state index in [2.05, 4.69) is 34.6 Å². The molecule has 7 heteroatoms. The highest BCUT2D eigenvalue weighted by Gasteiger charge is 2.43. The van der Waals surface area contributed by atoms with Crippen molar-refractivity contribution >= 4 is 18.0 Å². The van der Waals surface area contributed by atoms with Gasteiger partial charge in [-0.2, -0.15) is 0 Å². The number of benzene rings is 2. The third-order valence-corrected chi connectivity index (χ3v) is 6.66. The van der Waals surface area contributed by atoms with Crippen molar-refractivity contribution in [2.45, 2.75) is 56.5 Å². The van der Waals surface area contributed by atoms with Crippen LogP contribution in [0.2, 0.25) is 0 Å². The van der Waals surface area contributed by atoms with E-state index < -0.39 is 29.6 Å². The maximum absolute atomic E-state index is 12.9. The van der Waals surface area contributed by atoms with E-state index in [1.807, 2.05) is 36.4 Å². The van der Waals surface area contributed by atoms with Gasteiger partial charge in [-0.05, 0) is 42.0 Å². The Labute approximate surface area is 198 Å². The summed E-state index contributed by atoms with van der Waals surface area (Å²) in [5, 5.41) is 14.9. The fraction of sp³-hybridized carbons (Fsp3) is 0.370. The summed E-state index contributed by atoms with van der Waals surface area (Å²) >= 11 is 0. The molecule has 2 aliphatic rings. The first kappa shape index (κ1) is 23.4. The van der Waals surface area contributed by atoms with Crippen molar-refractivity contribution in [1.82, 2.24) is 10.6 Å². The summed E-state index contributed by atoms with van der Waals surface area (Å²) in [4.78, 5) is 37.4. The van der Waals surface area contributed by atoms with Crippen molar-refractivity contribution < 1.29 is 24.2 Å². The van der Waals surface area contributed by atoms with Gasteiger partial charge in [0, 0.05) is 12.3 Å². The lowest BCUT2D eigenvalue weighted by molar-refractivity contribution is -0.147. The van der Waals surface area contributed by atoms with Crippen LogP contribution in [0, 0.1) is 11.8 Å². The number of carbonyl (C=O) groups is 3. The highest BCUT2D eigenvalue weighted by atomic mass is 16.5. The van der Waals surface area contributed by atoms with Gasteiger partial charge in [-0.15, -0.1) is 11.8 Å². The molecular weight excluding hydrogens is 432 g/mol. The van der Waals surface area contributed by atoms with E-state index in [-0.39, 0.29) is 18.9 Å². The Bertz CT molecular complexity index is 1110. The summed E-state index contributed by atoms with van der Waals surface area (Å²) in [6.45, 7) is 1.75. The SMILES string of the molecule is CC#CCC(NC(=O)OCC1c2ccccc2-c2ccccc21)C(=O)NC1(C(=O)O)CCCC1. The van der Waals surface area contributed by atoms with Gasteiger partial charge in [0.05, 0.1) is 0 Å². The van der Waals surface area contributed by atoms with E-state index in [4.69, 9.17) is 4.74 Å². The first-order chi connectivity index (χ1) is 16.4. The first-order valence-corrected chi connectivity index (χ1v) is 11.5. The second kappa shape index (κ2) is 10.0. The van der Waals surface area contributed by atoms with Crippen molar-refractivity contribution in [3.63, 3.8) is 0 Å². The Balaban J connectivity index is 1.43. The maximum atomic E-state index is 12.9. The van der Waals surface area contributed by atoms with Crippen LogP contribution in [-0.4, -0.2) is 41.3 Å². The number of nitrogens with one attached hydrogen (secondary N) is 2. The zero-order chi connectivity index (χ0) is 24.1. The first-order valence-electron chi connectivity index (χ1n) is 11.5. The number of amides is 2. The van der Waals surface area contributed by atoms with Gasteiger partial charge in [0.15, 0.2) is 0 Å². The number of rotatable bonds is 7. The molecule has 3 N–H and O–H groups in total. The van der Waals surface area contributed by atoms with Gasteiger partial charge in [0.2, 0.25) is 5.91 Å². The van der Waals surface area contributed by atoms with Crippen molar-refractivity contribution in [3.05, 3.63) is 59.7 Å². The molecule has 0 spiro atoms. The molecule has 176 valence electrons. The fourth-order valence-electron chi connectivity index (χ4n) is 4.89. The van der Waals surface area contributed by atoms with E-state index in [9.17, 15) is 19.5 Å².